The SMILES string of the molecule is CCCCc1ccc2c(c1)C(N)CO2. The van der Waals surface area contributed by atoms with Crippen LogP contribution in [0.5, 0.6) is 5.75 Å². The van der Waals surface area contributed by atoms with Gasteiger partial charge in [-0.2, -0.15) is 0 Å². The molecule has 0 fully saturated rings. The average Bonchev–Trinajstić information content (AvgIpc) is 2.57. The van der Waals surface area contributed by atoms with Gasteiger partial charge in [0.15, 0.2) is 0 Å². The van der Waals surface area contributed by atoms with Crippen molar-refractivity contribution in [2.75, 3.05) is 6.61 Å². The Bertz CT molecular complexity index is 322. The zero-order chi connectivity index (χ0) is 9.97. The molecule has 1 aromatic rings. The maximum absolute atomic E-state index is 5.92. The summed E-state index contributed by atoms with van der Waals surface area (Å²) in [5, 5.41) is 0. The van der Waals surface area contributed by atoms with Crippen molar-refractivity contribution in [1.29, 1.82) is 0 Å². The Labute approximate surface area is 85.1 Å². The molecule has 1 unspecified atom stereocenters. The summed E-state index contributed by atoms with van der Waals surface area (Å²) >= 11 is 0. The lowest BCUT2D eigenvalue weighted by molar-refractivity contribution is 0.333. The largest absolute Gasteiger partial charge is 0.491 e. The van der Waals surface area contributed by atoms with Crippen LogP contribution < -0.4 is 10.5 Å². The van der Waals surface area contributed by atoms with E-state index in [1.54, 1.807) is 0 Å². The maximum atomic E-state index is 5.92. The number of hydrogen-bond acceptors (Lipinski definition) is 2. The number of aryl methyl sites for hydroxylation is 1. The third-order valence-corrected chi connectivity index (χ3v) is 2.71. The number of rotatable bonds is 3. The summed E-state index contributed by atoms with van der Waals surface area (Å²) in [6.07, 6.45) is 3.63. The van der Waals surface area contributed by atoms with Gasteiger partial charge in [-0.15, -0.1) is 0 Å². The van der Waals surface area contributed by atoms with Crippen LogP contribution in [0.4, 0.5) is 0 Å². The van der Waals surface area contributed by atoms with Crippen LogP contribution in [0, 0.1) is 0 Å². The van der Waals surface area contributed by atoms with Gasteiger partial charge in [0.2, 0.25) is 0 Å². The van der Waals surface area contributed by atoms with Gasteiger partial charge in [-0.05, 0) is 24.5 Å². The van der Waals surface area contributed by atoms with E-state index in [9.17, 15) is 0 Å². The molecular weight excluding hydrogens is 174 g/mol. The molecule has 2 N–H and O–H groups in total. The van der Waals surface area contributed by atoms with Crippen molar-refractivity contribution < 1.29 is 4.74 Å². The highest BCUT2D eigenvalue weighted by atomic mass is 16.5. The van der Waals surface area contributed by atoms with Gasteiger partial charge in [0, 0.05) is 5.56 Å². The molecule has 2 heteroatoms. The molecule has 0 saturated carbocycles. The third-order valence-electron chi connectivity index (χ3n) is 2.71. The number of unbranched alkanes of at least 4 members (excludes halogenated alkanes) is 1. The van der Waals surface area contributed by atoms with Gasteiger partial charge >= 0.3 is 0 Å². The van der Waals surface area contributed by atoms with Crippen LogP contribution in [-0.2, 0) is 6.42 Å². The van der Waals surface area contributed by atoms with Crippen LogP contribution in [0.25, 0.3) is 0 Å². The number of hydrogen-bond donors (Lipinski definition) is 1. The summed E-state index contributed by atoms with van der Waals surface area (Å²) in [5.41, 5.74) is 8.48. The van der Waals surface area contributed by atoms with Crippen molar-refractivity contribution >= 4 is 0 Å². The van der Waals surface area contributed by atoms with Gasteiger partial charge in [-0.1, -0.05) is 25.5 Å². The summed E-state index contributed by atoms with van der Waals surface area (Å²) in [7, 11) is 0. The topological polar surface area (TPSA) is 35.2 Å². The second-order valence-corrected chi connectivity index (χ2v) is 3.89. The Hall–Kier alpha value is -1.02. The first-order chi connectivity index (χ1) is 6.81. The van der Waals surface area contributed by atoms with Crippen molar-refractivity contribution in [2.24, 2.45) is 5.73 Å². The Morgan fingerprint density at radius 1 is 1.50 bits per heavy atom. The van der Waals surface area contributed by atoms with Crippen molar-refractivity contribution in [3.8, 4) is 5.75 Å². The molecule has 0 radical (unpaired) electrons. The van der Waals surface area contributed by atoms with E-state index in [0.29, 0.717) is 6.61 Å². The lowest BCUT2D eigenvalue weighted by Gasteiger charge is -2.04. The Kier molecular flexibility index (Phi) is 2.73. The van der Waals surface area contributed by atoms with E-state index in [0.717, 1.165) is 12.2 Å². The zero-order valence-electron chi connectivity index (χ0n) is 8.62. The van der Waals surface area contributed by atoms with E-state index < -0.39 is 0 Å². The molecule has 14 heavy (non-hydrogen) atoms. The second kappa shape index (κ2) is 4.01. The highest BCUT2D eigenvalue weighted by Crippen LogP contribution is 2.31. The van der Waals surface area contributed by atoms with E-state index in [2.05, 4.69) is 19.1 Å². The Morgan fingerprint density at radius 3 is 3.14 bits per heavy atom. The molecule has 1 aliphatic heterocycles. The van der Waals surface area contributed by atoms with Crippen LogP contribution in [0.3, 0.4) is 0 Å². The normalized spacial score (nSPS) is 19.1. The van der Waals surface area contributed by atoms with Crippen molar-refractivity contribution in [1.82, 2.24) is 0 Å². The molecule has 76 valence electrons. The number of fused-ring (bicyclic) bond motifs is 1. The highest BCUT2D eigenvalue weighted by molar-refractivity contribution is 5.42. The Morgan fingerprint density at radius 2 is 2.36 bits per heavy atom. The van der Waals surface area contributed by atoms with Crippen LogP contribution in [-0.4, -0.2) is 6.61 Å². The molecule has 1 heterocycles. The molecule has 2 rings (SSSR count). The maximum Gasteiger partial charge on any atom is 0.124 e. The zero-order valence-corrected chi connectivity index (χ0v) is 8.62. The predicted octanol–water partition coefficient (Wildman–Crippen LogP) is 2.42. The van der Waals surface area contributed by atoms with E-state index >= 15 is 0 Å². The predicted molar refractivity (Wildman–Crippen MR) is 57.5 cm³/mol. The first kappa shape index (κ1) is 9.53. The summed E-state index contributed by atoms with van der Waals surface area (Å²) in [5.74, 6) is 0.970. The first-order valence-corrected chi connectivity index (χ1v) is 5.32. The van der Waals surface area contributed by atoms with Crippen molar-refractivity contribution in [3.63, 3.8) is 0 Å². The van der Waals surface area contributed by atoms with Gasteiger partial charge in [-0.3, -0.25) is 0 Å². The fraction of sp³-hybridized carbons (Fsp3) is 0.500. The van der Waals surface area contributed by atoms with Crippen molar-refractivity contribution in [2.45, 2.75) is 32.2 Å². The minimum Gasteiger partial charge on any atom is -0.491 e. The molecule has 0 spiro atoms. The molecule has 0 saturated heterocycles. The minimum atomic E-state index is 0.0755. The molecule has 1 aliphatic rings. The third kappa shape index (κ3) is 1.75. The average molecular weight is 191 g/mol. The summed E-state index contributed by atoms with van der Waals surface area (Å²) in [6.45, 7) is 2.84. The smallest absolute Gasteiger partial charge is 0.124 e. The molecule has 0 bridgehead atoms. The van der Waals surface area contributed by atoms with Gasteiger partial charge < -0.3 is 10.5 Å². The van der Waals surface area contributed by atoms with Gasteiger partial charge in [0.05, 0.1) is 6.04 Å². The molecule has 0 aromatic heterocycles. The first-order valence-electron chi connectivity index (χ1n) is 5.32. The Balaban J connectivity index is 2.17. The number of benzene rings is 1. The van der Waals surface area contributed by atoms with E-state index in [-0.39, 0.29) is 6.04 Å². The quantitative estimate of drug-likeness (QED) is 0.796. The molecule has 0 aliphatic carbocycles. The lowest BCUT2D eigenvalue weighted by atomic mass is 10.0. The minimum absolute atomic E-state index is 0.0755. The van der Waals surface area contributed by atoms with Gasteiger partial charge in [0.1, 0.15) is 12.4 Å². The van der Waals surface area contributed by atoms with E-state index in [1.165, 1.54) is 24.0 Å². The second-order valence-electron chi connectivity index (χ2n) is 3.89. The molecule has 2 nitrogen and oxygen atoms in total. The monoisotopic (exact) mass is 191 g/mol. The van der Waals surface area contributed by atoms with Gasteiger partial charge in [-0.25, -0.2) is 0 Å². The fourth-order valence-electron chi connectivity index (χ4n) is 1.82. The number of ether oxygens (including phenoxy) is 1. The number of nitrogens with two attached hydrogens (primary N) is 1. The summed E-state index contributed by atoms with van der Waals surface area (Å²) in [4.78, 5) is 0. The van der Waals surface area contributed by atoms with Crippen LogP contribution in [0.15, 0.2) is 18.2 Å². The molecule has 0 amide bonds. The fourth-order valence-corrected chi connectivity index (χ4v) is 1.82. The molecule has 1 aromatic carbocycles. The van der Waals surface area contributed by atoms with Crippen molar-refractivity contribution in [3.05, 3.63) is 29.3 Å². The summed E-state index contributed by atoms with van der Waals surface area (Å²) < 4.78 is 5.45. The highest BCUT2D eigenvalue weighted by Gasteiger charge is 2.20. The summed E-state index contributed by atoms with van der Waals surface area (Å²) in [6, 6.07) is 6.47. The molecule has 1 atom stereocenters. The van der Waals surface area contributed by atoms with Gasteiger partial charge in [0.25, 0.3) is 0 Å². The molecular formula is C12H17NO. The van der Waals surface area contributed by atoms with Crippen LogP contribution >= 0.6 is 0 Å². The van der Waals surface area contributed by atoms with Crippen LogP contribution in [0.1, 0.15) is 36.9 Å². The van der Waals surface area contributed by atoms with Crippen LogP contribution in [0.2, 0.25) is 0 Å². The van der Waals surface area contributed by atoms with E-state index in [4.69, 9.17) is 10.5 Å². The standard InChI is InChI=1S/C12H17NO/c1-2-3-4-9-5-6-12-10(7-9)11(13)8-14-12/h5-7,11H,2-4,8,13H2,1H3. The van der Waals surface area contributed by atoms with E-state index in [1.807, 2.05) is 6.07 Å². The lowest BCUT2D eigenvalue weighted by Crippen LogP contribution is -2.10.